The topological polar surface area (TPSA) is 88.1 Å². The Bertz CT molecular complexity index is 533. The van der Waals surface area contributed by atoms with Crippen LogP contribution in [0.1, 0.15) is 35.3 Å². The second-order valence-electron chi connectivity index (χ2n) is 4.90. The maximum absolute atomic E-state index is 12.0. The maximum Gasteiger partial charge on any atom is 0.241 e. The quantitative estimate of drug-likeness (QED) is 0.783. The maximum atomic E-state index is 12.0. The molecule has 0 saturated heterocycles. The number of hydrogen-bond donors (Lipinski definition) is 2. The molecule has 2 rings (SSSR count). The van der Waals surface area contributed by atoms with Crippen LogP contribution in [0.4, 0.5) is 5.00 Å². The number of ether oxygens (including phenoxy) is 1. The molecule has 1 unspecified atom stereocenters. The van der Waals surface area contributed by atoms with Gasteiger partial charge in [0.25, 0.3) is 0 Å². The van der Waals surface area contributed by atoms with Crippen LogP contribution >= 0.6 is 11.3 Å². The van der Waals surface area contributed by atoms with Crippen molar-refractivity contribution in [1.29, 1.82) is 5.26 Å². The molecule has 1 aliphatic carbocycles. The van der Waals surface area contributed by atoms with E-state index >= 15 is 0 Å². The molecule has 3 N–H and O–H groups in total. The lowest BCUT2D eigenvalue weighted by molar-refractivity contribution is -0.117. The van der Waals surface area contributed by atoms with Crippen LogP contribution in [0, 0.1) is 11.3 Å². The average molecular weight is 293 g/mol. The van der Waals surface area contributed by atoms with Crippen LogP contribution in [0.3, 0.4) is 0 Å². The molecule has 1 aromatic heterocycles. The number of hydrogen-bond acceptors (Lipinski definition) is 5. The number of anilines is 1. The fraction of sp³-hybridized carbons (Fsp3) is 0.571. The van der Waals surface area contributed by atoms with E-state index in [0.717, 1.165) is 31.2 Å². The van der Waals surface area contributed by atoms with Crippen molar-refractivity contribution in [1.82, 2.24) is 0 Å². The number of nitrogens with two attached hydrogens (primary N) is 1. The zero-order valence-corrected chi connectivity index (χ0v) is 12.4. The number of aryl methyl sites for hydroxylation is 1. The summed E-state index contributed by atoms with van der Waals surface area (Å²) < 4.78 is 4.94. The van der Waals surface area contributed by atoms with Gasteiger partial charge in [0, 0.05) is 18.6 Å². The van der Waals surface area contributed by atoms with Crippen molar-refractivity contribution in [3.8, 4) is 6.07 Å². The molecule has 0 aliphatic heterocycles. The van der Waals surface area contributed by atoms with E-state index in [1.165, 1.54) is 16.2 Å². The van der Waals surface area contributed by atoms with Crippen LogP contribution in [-0.4, -0.2) is 25.7 Å². The number of fused-ring (bicyclic) bond motifs is 1. The molecule has 20 heavy (non-hydrogen) atoms. The first-order valence-electron chi connectivity index (χ1n) is 6.77. The Balaban J connectivity index is 2.00. The van der Waals surface area contributed by atoms with Gasteiger partial charge in [-0.15, -0.1) is 11.3 Å². The van der Waals surface area contributed by atoms with Gasteiger partial charge in [-0.3, -0.25) is 4.79 Å². The molecular formula is C14H19N3O2S. The first kappa shape index (κ1) is 15.0. The molecular weight excluding hydrogens is 274 g/mol. The standard InChI is InChI=1S/C14H19N3O2S/c1-19-7-3-5-11(16)13(18)17-14-10(8-15)9-4-2-6-12(9)20-14/h11H,2-7,16H2,1H3,(H,17,18). The molecule has 1 heterocycles. The summed E-state index contributed by atoms with van der Waals surface area (Å²) in [6.07, 6.45) is 4.36. The van der Waals surface area contributed by atoms with E-state index in [1.54, 1.807) is 7.11 Å². The van der Waals surface area contributed by atoms with Crippen LogP contribution in [0.25, 0.3) is 0 Å². The summed E-state index contributed by atoms with van der Waals surface area (Å²) in [5.41, 5.74) is 7.58. The van der Waals surface area contributed by atoms with Crippen LogP contribution in [0.2, 0.25) is 0 Å². The molecule has 1 aliphatic rings. The highest BCUT2D eigenvalue weighted by molar-refractivity contribution is 7.16. The summed E-state index contributed by atoms with van der Waals surface area (Å²) in [5.74, 6) is -0.225. The average Bonchev–Trinajstić information content (AvgIpc) is 2.98. The zero-order chi connectivity index (χ0) is 14.5. The van der Waals surface area contributed by atoms with Gasteiger partial charge >= 0.3 is 0 Å². The van der Waals surface area contributed by atoms with Gasteiger partial charge in [-0.2, -0.15) is 5.26 Å². The monoisotopic (exact) mass is 293 g/mol. The van der Waals surface area contributed by atoms with Gasteiger partial charge in [-0.05, 0) is 37.7 Å². The number of thiophene rings is 1. The molecule has 0 aromatic carbocycles. The van der Waals surface area contributed by atoms with E-state index in [-0.39, 0.29) is 5.91 Å². The van der Waals surface area contributed by atoms with Gasteiger partial charge in [0.15, 0.2) is 0 Å². The third-order valence-corrected chi connectivity index (χ3v) is 4.68. The Hall–Kier alpha value is -1.42. The van der Waals surface area contributed by atoms with Gasteiger partial charge in [0.2, 0.25) is 5.91 Å². The number of nitrogens with zero attached hydrogens (tertiary/aromatic N) is 1. The van der Waals surface area contributed by atoms with Crippen LogP contribution in [0.15, 0.2) is 0 Å². The van der Waals surface area contributed by atoms with Gasteiger partial charge in [-0.1, -0.05) is 0 Å². The number of carbonyl (C=O) groups excluding carboxylic acids is 1. The predicted octanol–water partition coefficient (Wildman–Crippen LogP) is 1.80. The van der Waals surface area contributed by atoms with Crippen LogP contribution < -0.4 is 11.1 Å². The number of rotatable bonds is 6. The minimum Gasteiger partial charge on any atom is -0.385 e. The Labute approximate surface area is 122 Å². The summed E-state index contributed by atoms with van der Waals surface area (Å²) in [6, 6.07) is 1.65. The molecule has 108 valence electrons. The number of nitriles is 1. The normalized spacial score (nSPS) is 14.7. The minimum absolute atomic E-state index is 0.225. The third kappa shape index (κ3) is 3.18. The first-order valence-corrected chi connectivity index (χ1v) is 7.59. The highest BCUT2D eigenvalue weighted by Crippen LogP contribution is 2.38. The van der Waals surface area contributed by atoms with E-state index in [2.05, 4.69) is 11.4 Å². The smallest absolute Gasteiger partial charge is 0.241 e. The van der Waals surface area contributed by atoms with Crippen LogP contribution in [0.5, 0.6) is 0 Å². The molecule has 1 atom stereocenters. The van der Waals surface area contributed by atoms with E-state index in [4.69, 9.17) is 10.5 Å². The highest BCUT2D eigenvalue weighted by atomic mass is 32.1. The molecule has 1 amide bonds. The number of carbonyl (C=O) groups is 1. The van der Waals surface area contributed by atoms with Crippen molar-refractivity contribution < 1.29 is 9.53 Å². The summed E-state index contributed by atoms with van der Waals surface area (Å²) >= 11 is 1.51. The van der Waals surface area contributed by atoms with Gasteiger partial charge in [0.05, 0.1) is 11.6 Å². The van der Waals surface area contributed by atoms with Crippen LogP contribution in [-0.2, 0) is 22.4 Å². The van der Waals surface area contributed by atoms with E-state index < -0.39 is 6.04 Å². The van der Waals surface area contributed by atoms with Crippen molar-refractivity contribution >= 4 is 22.2 Å². The molecule has 0 radical (unpaired) electrons. The van der Waals surface area contributed by atoms with Crippen molar-refractivity contribution in [2.75, 3.05) is 19.0 Å². The summed E-state index contributed by atoms with van der Waals surface area (Å²) in [5, 5.41) is 12.7. The summed E-state index contributed by atoms with van der Waals surface area (Å²) in [7, 11) is 1.62. The minimum atomic E-state index is -0.561. The largest absolute Gasteiger partial charge is 0.385 e. The lowest BCUT2D eigenvalue weighted by Gasteiger charge is -2.11. The van der Waals surface area contributed by atoms with Gasteiger partial charge < -0.3 is 15.8 Å². The number of amides is 1. The first-order chi connectivity index (χ1) is 9.67. The molecule has 0 fully saturated rings. The number of nitrogens with one attached hydrogen (secondary N) is 1. The molecule has 5 nitrogen and oxygen atoms in total. The fourth-order valence-corrected chi connectivity index (χ4v) is 3.64. The van der Waals surface area contributed by atoms with Gasteiger partial charge in [0.1, 0.15) is 11.1 Å². The highest BCUT2D eigenvalue weighted by Gasteiger charge is 2.24. The van der Waals surface area contributed by atoms with Crippen molar-refractivity contribution in [2.24, 2.45) is 5.73 Å². The molecule has 0 saturated carbocycles. The third-order valence-electron chi connectivity index (χ3n) is 3.47. The zero-order valence-electron chi connectivity index (χ0n) is 11.6. The van der Waals surface area contributed by atoms with Gasteiger partial charge in [-0.25, -0.2) is 0 Å². The molecule has 0 bridgehead atoms. The second kappa shape index (κ2) is 6.84. The molecule has 0 spiro atoms. The lowest BCUT2D eigenvalue weighted by atomic mass is 10.1. The Morgan fingerprint density at radius 2 is 2.40 bits per heavy atom. The van der Waals surface area contributed by atoms with Crippen molar-refractivity contribution in [3.63, 3.8) is 0 Å². The summed E-state index contributed by atoms with van der Waals surface area (Å²) in [6.45, 7) is 0.595. The molecule has 6 heteroatoms. The van der Waals surface area contributed by atoms with E-state index in [0.29, 0.717) is 23.6 Å². The Morgan fingerprint density at radius 1 is 1.60 bits per heavy atom. The fourth-order valence-electron chi connectivity index (χ4n) is 2.39. The van der Waals surface area contributed by atoms with Crippen molar-refractivity contribution in [3.05, 3.63) is 16.0 Å². The van der Waals surface area contributed by atoms with Crippen molar-refractivity contribution in [2.45, 2.75) is 38.1 Å². The SMILES string of the molecule is COCCCC(N)C(=O)Nc1sc2c(c1C#N)CCC2. The Morgan fingerprint density at radius 3 is 3.10 bits per heavy atom. The number of methoxy groups -OCH3 is 1. The van der Waals surface area contributed by atoms with E-state index in [1.807, 2.05) is 0 Å². The molecule has 1 aromatic rings. The van der Waals surface area contributed by atoms with E-state index in [9.17, 15) is 10.1 Å². The lowest BCUT2D eigenvalue weighted by Crippen LogP contribution is -2.35. The Kier molecular flexibility index (Phi) is 5.12. The summed E-state index contributed by atoms with van der Waals surface area (Å²) in [4.78, 5) is 13.2. The second-order valence-corrected chi connectivity index (χ2v) is 6.01. The predicted molar refractivity (Wildman–Crippen MR) is 78.8 cm³/mol.